The molecule has 16 heavy (non-hydrogen) atoms. The highest BCUT2D eigenvalue weighted by molar-refractivity contribution is 5.94. The van der Waals surface area contributed by atoms with Crippen molar-refractivity contribution in [3.8, 4) is 0 Å². The summed E-state index contributed by atoms with van der Waals surface area (Å²) in [7, 11) is 0. The van der Waals surface area contributed by atoms with Crippen LogP contribution in [0.25, 0.3) is 10.9 Å². The van der Waals surface area contributed by atoms with Crippen molar-refractivity contribution in [2.75, 3.05) is 0 Å². The summed E-state index contributed by atoms with van der Waals surface area (Å²) in [5.74, 6) is -0.879. The van der Waals surface area contributed by atoms with Gasteiger partial charge in [-0.2, -0.15) is 0 Å². The van der Waals surface area contributed by atoms with Gasteiger partial charge in [-0.1, -0.05) is 6.07 Å². The van der Waals surface area contributed by atoms with Crippen molar-refractivity contribution in [3.63, 3.8) is 0 Å². The van der Waals surface area contributed by atoms with Gasteiger partial charge in [0, 0.05) is 23.1 Å². The Balaban J connectivity index is 2.74. The number of aromatic carboxylic acids is 1. The minimum atomic E-state index is -0.879. The molecule has 0 amide bonds. The zero-order valence-electron chi connectivity index (χ0n) is 9.69. The van der Waals surface area contributed by atoms with Gasteiger partial charge in [0.15, 0.2) is 0 Å². The molecule has 1 aromatic heterocycles. The predicted octanol–water partition coefficient (Wildman–Crippen LogP) is 3.23. The van der Waals surface area contributed by atoms with Crippen molar-refractivity contribution in [2.45, 2.75) is 26.8 Å². The minimum Gasteiger partial charge on any atom is -0.478 e. The molecule has 0 bridgehead atoms. The van der Waals surface area contributed by atoms with Gasteiger partial charge in [-0.25, -0.2) is 4.79 Å². The van der Waals surface area contributed by atoms with E-state index in [2.05, 4.69) is 24.6 Å². The third-order valence-corrected chi connectivity index (χ3v) is 2.84. The number of hydrogen-bond acceptors (Lipinski definition) is 1. The second kappa shape index (κ2) is 3.67. The lowest BCUT2D eigenvalue weighted by Gasteiger charge is -2.09. The summed E-state index contributed by atoms with van der Waals surface area (Å²) in [6.07, 6.45) is 2.07. The molecule has 0 fully saturated rings. The van der Waals surface area contributed by atoms with Gasteiger partial charge < -0.3 is 9.67 Å². The molecule has 0 spiro atoms. The number of rotatable bonds is 2. The van der Waals surface area contributed by atoms with Crippen LogP contribution < -0.4 is 0 Å². The van der Waals surface area contributed by atoms with Crippen LogP contribution >= 0.6 is 0 Å². The Morgan fingerprint density at radius 2 is 2.06 bits per heavy atom. The van der Waals surface area contributed by atoms with Crippen LogP contribution in [0.5, 0.6) is 0 Å². The SMILES string of the molecule is Cc1cn(C(C)C)c2cc(C(=O)O)ccc12. The predicted molar refractivity (Wildman–Crippen MR) is 64.0 cm³/mol. The maximum absolute atomic E-state index is 10.9. The minimum absolute atomic E-state index is 0.334. The summed E-state index contributed by atoms with van der Waals surface area (Å²) in [6.45, 7) is 6.22. The summed E-state index contributed by atoms with van der Waals surface area (Å²) in [5.41, 5.74) is 2.51. The van der Waals surface area contributed by atoms with Crippen molar-refractivity contribution in [2.24, 2.45) is 0 Å². The van der Waals surface area contributed by atoms with Crippen LogP contribution in [-0.4, -0.2) is 15.6 Å². The summed E-state index contributed by atoms with van der Waals surface area (Å²) in [5, 5.41) is 10.1. The largest absolute Gasteiger partial charge is 0.478 e. The highest BCUT2D eigenvalue weighted by Crippen LogP contribution is 2.25. The first-order chi connectivity index (χ1) is 7.50. The first-order valence-corrected chi connectivity index (χ1v) is 5.35. The van der Waals surface area contributed by atoms with Gasteiger partial charge in [0.05, 0.1) is 5.56 Å². The topological polar surface area (TPSA) is 42.2 Å². The van der Waals surface area contributed by atoms with Gasteiger partial charge >= 0.3 is 5.97 Å². The van der Waals surface area contributed by atoms with E-state index in [1.807, 2.05) is 13.0 Å². The van der Waals surface area contributed by atoms with Gasteiger partial charge in [0.2, 0.25) is 0 Å². The zero-order chi connectivity index (χ0) is 11.9. The molecule has 2 aromatic rings. The number of hydrogen-bond donors (Lipinski definition) is 1. The standard InChI is InChI=1S/C13H15NO2/c1-8(2)14-7-9(3)11-5-4-10(13(15)16)6-12(11)14/h4-8H,1-3H3,(H,15,16). The molecule has 2 rings (SSSR count). The lowest BCUT2D eigenvalue weighted by molar-refractivity contribution is 0.0697. The summed E-state index contributed by atoms with van der Waals surface area (Å²) in [4.78, 5) is 10.9. The lowest BCUT2D eigenvalue weighted by atomic mass is 10.1. The molecule has 1 N–H and O–H groups in total. The maximum Gasteiger partial charge on any atom is 0.335 e. The van der Waals surface area contributed by atoms with Crippen LogP contribution in [0.1, 0.15) is 35.8 Å². The molecule has 0 saturated carbocycles. The van der Waals surface area contributed by atoms with Gasteiger partial charge in [0.25, 0.3) is 0 Å². The molecule has 0 atom stereocenters. The smallest absolute Gasteiger partial charge is 0.335 e. The Hall–Kier alpha value is -1.77. The normalized spacial score (nSPS) is 11.2. The molecule has 1 aromatic carbocycles. The van der Waals surface area contributed by atoms with Gasteiger partial charge in [-0.05, 0) is 38.5 Å². The van der Waals surface area contributed by atoms with Gasteiger partial charge in [-0.15, -0.1) is 0 Å². The van der Waals surface area contributed by atoms with Crippen molar-refractivity contribution in [1.29, 1.82) is 0 Å². The number of carboxylic acid groups (broad SMARTS) is 1. The third-order valence-electron chi connectivity index (χ3n) is 2.84. The molecule has 0 unspecified atom stereocenters. The fourth-order valence-corrected chi connectivity index (χ4v) is 1.99. The summed E-state index contributed by atoms with van der Waals surface area (Å²) >= 11 is 0. The quantitative estimate of drug-likeness (QED) is 0.839. The fourth-order valence-electron chi connectivity index (χ4n) is 1.99. The molecule has 0 aliphatic carbocycles. The van der Waals surface area contributed by atoms with E-state index in [9.17, 15) is 4.79 Å². The number of nitrogens with zero attached hydrogens (tertiary/aromatic N) is 1. The molecule has 0 saturated heterocycles. The van der Waals surface area contributed by atoms with E-state index < -0.39 is 5.97 Å². The average Bonchev–Trinajstić information content (AvgIpc) is 2.56. The van der Waals surface area contributed by atoms with E-state index in [4.69, 9.17) is 5.11 Å². The Labute approximate surface area is 94.3 Å². The van der Waals surface area contributed by atoms with Gasteiger partial charge in [-0.3, -0.25) is 0 Å². The Kier molecular flexibility index (Phi) is 2.46. The molecule has 3 heteroatoms. The van der Waals surface area contributed by atoms with Crippen LogP contribution in [0, 0.1) is 6.92 Å². The molecule has 0 aliphatic heterocycles. The van der Waals surface area contributed by atoms with E-state index in [1.54, 1.807) is 12.1 Å². The third kappa shape index (κ3) is 1.58. The molecule has 0 aliphatic rings. The van der Waals surface area contributed by atoms with E-state index in [-0.39, 0.29) is 0 Å². The van der Waals surface area contributed by atoms with Crippen molar-refractivity contribution < 1.29 is 9.90 Å². The molecular formula is C13H15NO2. The lowest BCUT2D eigenvalue weighted by Crippen LogP contribution is -2.00. The molecule has 3 nitrogen and oxygen atoms in total. The number of aromatic nitrogens is 1. The van der Waals surface area contributed by atoms with Crippen molar-refractivity contribution in [3.05, 3.63) is 35.5 Å². The number of benzene rings is 1. The van der Waals surface area contributed by atoms with E-state index in [0.717, 1.165) is 10.9 Å². The highest BCUT2D eigenvalue weighted by atomic mass is 16.4. The molecule has 84 valence electrons. The number of carboxylic acids is 1. The molecule has 0 radical (unpaired) electrons. The second-order valence-corrected chi connectivity index (χ2v) is 4.35. The molecular weight excluding hydrogens is 202 g/mol. The number of fused-ring (bicyclic) bond motifs is 1. The number of aryl methyl sites for hydroxylation is 1. The van der Waals surface area contributed by atoms with Crippen LogP contribution in [0.3, 0.4) is 0 Å². The van der Waals surface area contributed by atoms with Crippen molar-refractivity contribution >= 4 is 16.9 Å². The zero-order valence-corrected chi connectivity index (χ0v) is 9.69. The second-order valence-electron chi connectivity index (χ2n) is 4.35. The van der Waals surface area contributed by atoms with Gasteiger partial charge in [0.1, 0.15) is 0 Å². The van der Waals surface area contributed by atoms with E-state index in [1.165, 1.54) is 5.56 Å². The fraction of sp³-hybridized carbons (Fsp3) is 0.308. The monoisotopic (exact) mass is 217 g/mol. The summed E-state index contributed by atoms with van der Waals surface area (Å²) in [6, 6.07) is 5.61. The highest BCUT2D eigenvalue weighted by Gasteiger charge is 2.10. The first kappa shape index (κ1) is 10.7. The first-order valence-electron chi connectivity index (χ1n) is 5.35. The molecule has 1 heterocycles. The van der Waals surface area contributed by atoms with Crippen LogP contribution in [-0.2, 0) is 0 Å². The Bertz CT molecular complexity index is 552. The van der Waals surface area contributed by atoms with Crippen LogP contribution in [0.15, 0.2) is 24.4 Å². The van der Waals surface area contributed by atoms with Crippen LogP contribution in [0.2, 0.25) is 0 Å². The maximum atomic E-state index is 10.9. The summed E-state index contributed by atoms with van der Waals surface area (Å²) < 4.78 is 2.11. The van der Waals surface area contributed by atoms with E-state index >= 15 is 0 Å². The number of carbonyl (C=O) groups is 1. The Morgan fingerprint density at radius 3 is 2.62 bits per heavy atom. The Morgan fingerprint density at radius 1 is 1.38 bits per heavy atom. The van der Waals surface area contributed by atoms with E-state index in [0.29, 0.717) is 11.6 Å². The average molecular weight is 217 g/mol. The van der Waals surface area contributed by atoms with Crippen molar-refractivity contribution in [1.82, 2.24) is 4.57 Å². The van der Waals surface area contributed by atoms with Crippen LogP contribution in [0.4, 0.5) is 0 Å².